The minimum Gasteiger partial charge on any atom is -0.397 e. The largest absolute Gasteiger partial charge is 0.397 e. The fourth-order valence-electron chi connectivity index (χ4n) is 1.53. The minimum absolute atomic E-state index is 0.0938. The summed E-state index contributed by atoms with van der Waals surface area (Å²) in [6.45, 7) is 0. The number of rotatable bonds is 2. The third kappa shape index (κ3) is 2.90. The van der Waals surface area contributed by atoms with Gasteiger partial charge in [-0.05, 0) is 46.3 Å². The molecule has 0 fully saturated rings. The second kappa shape index (κ2) is 5.36. The van der Waals surface area contributed by atoms with Crippen molar-refractivity contribution >= 4 is 33.2 Å². The number of anilines is 2. The van der Waals surface area contributed by atoms with E-state index in [0.717, 1.165) is 12.1 Å². The second-order valence-corrected chi connectivity index (χ2v) is 4.64. The monoisotopic (exact) mass is 326 g/mol. The lowest BCUT2D eigenvalue weighted by molar-refractivity contribution is 0.102. The molecule has 2 rings (SSSR count). The van der Waals surface area contributed by atoms with Crippen LogP contribution in [0.3, 0.4) is 0 Å². The number of nitrogens with two attached hydrogens (primary N) is 1. The fourth-order valence-corrected chi connectivity index (χ4v) is 2.06. The Morgan fingerprint density at radius 1 is 1.21 bits per heavy atom. The van der Waals surface area contributed by atoms with Crippen LogP contribution in [-0.4, -0.2) is 5.91 Å². The molecule has 2 aromatic carbocycles. The zero-order valence-electron chi connectivity index (χ0n) is 9.58. The van der Waals surface area contributed by atoms with E-state index in [4.69, 9.17) is 5.73 Å². The standard InChI is InChI=1S/C13H9BrF2N2O/c14-9-6-7(15)4-5-8(9)13(19)18-12-10(16)2-1-3-11(12)17/h1-6H,17H2,(H,18,19). The van der Waals surface area contributed by atoms with E-state index in [-0.39, 0.29) is 21.4 Å². The van der Waals surface area contributed by atoms with Crippen molar-refractivity contribution < 1.29 is 13.6 Å². The highest BCUT2D eigenvalue weighted by Gasteiger charge is 2.14. The molecule has 1 amide bonds. The van der Waals surface area contributed by atoms with Gasteiger partial charge in [-0.25, -0.2) is 8.78 Å². The maximum atomic E-state index is 13.5. The Balaban J connectivity index is 2.31. The van der Waals surface area contributed by atoms with Gasteiger partial charge in [-0.15, -0.1) is 0 Å². The van der Waals surface area contributed by atoms with Crippen molar-refractivity contribution in [3.05, 3.63) is 58.1 Å². The lowest BCUT2D eigenvalue weighted by Gasteiger charge is -2.10. The van der Waals surface area contributed by atoms with E-state index < -0.39 is 17.5 Å². The first-order valence-electron chi connectivity index (χ1n) is 5.29. The van der Waals surface area contributed by atoms with Gasteiger partial charge in [0.25, 0.3) is 5.91 Å². The van der Waals surface area contributed by atoms with Crippen LogP contribution in [0.1, 0.15) is 10.4 Å². The number of hydrogen-bond donors (Lipinski definition) is 2. The van der Waals surface area contributed by atoms with Gasteiger partial charge in [-0.1, -0.05) is 6.07 Å². The summed E-state index contributed by atoms with van der Waals surface area (Å²) in [5.74, 6) is -1.69. The summed E-state index contributed by atoms with van der Waals surface area (Å²) in [5, 5.41) is 2.36. The third-order valence-electron chi connectivity index (χ3n) is 2.46. The second-order valence-electron chi connectivity index (χ2n) is 3.78. The highest BCUT2D eigenvalue weighted by molar-refractivity contribution is 9.10. The van der Waals surface area contributed by atoms with Gasteiger partial charge in [-0.2, -0.15) is 0 Å². The van der Waals surface area contributed by atoms with E-state index in [1.807, 2.05) is 0 Å². The topological polar surface area (TPSA) is 55.1 Å². The quantitative estimate of drug-likeness (QED) is 0.829. The lowest BCUT2D eigenvalue weighted by atomic mass is 10.2. The summed E-state index contributed by atoms with van der Waals surface area (Å²) in [6, 6.07) is 7.69. The van der Waals surface area contributed by atoms with E-state index >= 15 is 0 Å². The first kappa shape index (κ1) is 13.5. The van der Waals surface area contributed by atoms with E-state index in [0.29, 0.717) is 0 Å². The number of halogens is 3. The van der Waals surface area contributed by atoms with Crippen molar-refractivity contribution in [1.82, 2.24) is 0 Å². The number of hydrogen-bond acceptors (Lipinski definition) is 2. The van der Waals surface area contributed by atoms with Crippen molar-refractivity contribution in [2.24, 2.45) is 0 Å². The van der Waals surface area contributed by atoms with Gasteiger partial charge in [0, 0.05) is 4.47 Å². The number of para-hydroxylation sites is 1. The molecule has 19 heavy (non-hydrogen) atoms. The average molecular weight is 327 g/mol. The molecule has 0 heterocycles. The highest BCUT2D eigenvalue weighted by Crippen LogP contribution is 2.24. The first-order chi connectivity index (χ1) is 8.99. The zero-order valence-corrected chi connectivity index (χ0v) is 11.2. The van der Waals surface area contributed by atoms with Crippen LogP contribution in [0.2, 0.25) is 0 Å². The molecule has 0 bridgehead atoms. The van der Waals surface area contributed by atoms with Crippen LogP contribution >= 0.6 is 15.9 Å². The number of amides is 1. The molecular weight excluding hydrogens is 318 g/mol. The lowest BCUT2D eigenvalue weighted by Crippen LogP contribution is -2.15. The van der Waals surface area contributed by atoms with Gasteiger partial charge in [0.15, 0.2) is 0 Å². The van der Waals surface area contributed by atoms with Crippen molar-refractivity contribution in [3.8, 4) is 0 Å². The molecule has 3 nitrogen and oxygen atoms in total. The van der Waals surface area contributed by atoms with Crippen molar-refractivity contribution in [2.45, 2.75) is 0 Å². The SMILES string of the molecule is Nc1cccc(F)c1NC(=O)c1ccc(F)cc1Br. The Hall–Kier alpha value is -1.95. The molecule has 0 radical (unpaired) electrons. The van der Waals surface area contributed by atoms with Crippen LogP contribution in [0.25, 0.3) is 0 Å². The Kier molecular flexibility index (Phi) is 3.80. The minimum atomic E-state index is -0.633. The Labute approximate surface area is 116 Å². The zero-order chi connectivity index (χ0) is 14.0. The van der Waals surface area contributed by atoms with Gasteiger partial charge in [0.05, 0.1) is 11.3 Å². The van der Waals surface area contributed by atoms with Gasteiger partial charge in [-0.3, -0.25) is 4.79 Å². The van der Waals surface area contributed by atoms with Crippen molar-refractivity contribution in [1.29, 1.82) is 0 Å². The molecule has 0 aliphatic heterocycles. The number of benzene rings is 2. The molecule has 0 spiro atoms. The summed E-state index contributed by atoms with van der Waals surface area (Å²) >= 11 is 3.07. The summed E-state index contributed by atoms with van der Waals surface area (Å²) in [7, 11) is 0. The van der Waals surface area contributed by atoms with Gasteiger partial charge >= 0.3 is 0 Å². The van der Waals surface area contributed by atoms with Crippen LogP contribution in [-0.2, 0) is 0 Å². The molecule has 0 aliphatic rings. The molecule has 0 saturated heterocycles. The van der Waals surface area contributed by atoms with Crippen molar-refractivity contribution in [2.75, 3.05) is 11.1 Å². The van der Waals surface area contributed by atoms with Gasteiger partial charge in [0.1, 0.15) is 17.3 Å². The maximum absolute atomic E-state index is 13.5. The van der Waals surface area contributed by atoms with Crippen LogP contribution < -0.4 is 11.1 Å². The molecule has 0 atom stereocenters. The maximum Gasteiger partial charge on any atom is 0.256 e. The van der Waals surface area contributed by atoms with Gasteiger partial charge in [0.2, 0.25) is 0 Å². The van der Waals surface area contributed by atoms with E-state index in [1.165, 1.54) is 24.3 Å². The fraction of sp³-hybridized carbons (Fsp3) is 0. The van der Waals surface area contributed by atoms with E-state index in [9.17, 15) is 13.6 Å². The summed E-state index contributed by atoms with van der Waals surface area (Å²) in [6.07, 6.45) is 0. The van der Waals surface area contributed by atoms with E-state index in [1.54, 1.807) is 0 Å². The highest BCUT2D eigenvalue weighted by atomic mass is 79.9. The molecule has 0 aliphatic carbocycles. The predicted molar refractivity (Wildman–Crippen MR) is 72.9 cm³/mol. The summed E-state index contributed by atoms with van der Waals surface area (Å²) < 4.78 is 26.7. The number of nitrogens with one attached hydrogen (secondary N) is 1. The van der Waals surface area contributed by atoms with Crippen LogP contribution in [0.15, 0.2) is 40.9 Å². The number of carbonyl (C=O) groups is 1. The molecule has 98 valence electrons. The van der Waals surface area contributed by atoms with Crippen LogP contribution in [0, 0.1) is 11.6 Å². The average Bonchev–Trinajstić information content (AvgIpc) is 2.33. The Morgan fingerprint density at radius 3 is 2.58 bits per heavy atom. The summed E-state index contributed by atoms with van der Waals surface area (Å²) in [4.78, 5) is 12.0. The first-order valence-corrected chi connectivity index (χ1v) is 6.08. The third-order valence-corrected chi connectivity index (χ3v) is 3.12. The predicted octanol–water partition coefficient (Wildman–Crippen LogP) is 3.56. The van der Waals surface area contributed by atoms with Crippen LogP contribution in [0.5, 0.6) is 0 Å². The van der Waals surface area contributed by atoms with Crippen molar-refractivity contribution in [3.63, 3.8) is 0 Å². The molecule has 0 aromatic heterocycles. The molecule has 6 heteroatoms. The van der Waals surface area contributed by atoms with Gasteiger partial charge < -0.3 is 11.1 Å². The summed E-state index contributed by atoms with van der Waals surface area (Å²) in [5.41, 5.74) is 5.79. The molecule has 0 saturated carbocycles. The Bertz CT molecular complexity index is 626. The Morgan fingerprint density at radius 2 is 1.95 bits per heavy atom. The number of carbonyl (C=O) groups excluding carboxylic acids is 1. The number of nitrogen functional groups attached to an aromatic ring is 1. The normalized spacial score (nSPS) is 10.3. The van der Waals surface area contributed by atoms with E-state index in [2.05, 4.69) is 21.2 Å². The molecule has 2 aromatic rings. The van der Waals surface area contributed by atoms with Crippen LogP contribution in [0.4, 0.5) is 20.2 Å². The molecule has 0 unspecified atom stereocenters. The molecular formula is C13H9BrF2N2O. The smallest absolute Gasteiger partial charge is 0.256 e. The molecule has 3 N–H and O–H groups in total.